The second-order valence-corrected chi connectivity index (χ2v) is 8.23. The molecule has 0 saturated heterocycles. The number of rotatable bonds is 3. The minimum atomic E-state index is -0.805. The van der Waals surface area contributed by atoms with E-state index in [9.17, 15) is 14.3 Å². The smallest absolute Gasteiger partial charge is 0.164 e. The molecule has 0 bridgehead atoms. The topological polar surface area (TPSA) is 80.0 Å². The Labute approximate surface area is 183 Å². The maximum Gasteiger partial charge on any atom is 0.164 e. The number of hydrogen-bond donors (Lipinski definition) is 2. The Balaban J connectivity index is 1.68. The van der Waals surface area contributed by atoms with Crippen molar-refractivity contribution < 1.29 is 14.3 Å². The van der Waals surface area contributed by atoms with Gasteiger partial charge in [0.05, 0.1) is 11.6 Å². The number of carbonyl (C=O) groups is 1. The fraction of sp³-hybridized carbons (Fsp3) is 0.261. The zero-order valence-corrected chi connectivity index (χ0v) is 17.3. The summed E-state index contributed by atoms with van der Waals surface area (Å²) in [6.45, 7) is 0.683. The lowest BCUT2D eigenvalue weighted by Gasteiger charge is -2.37. The third-order valence-electron chi connectivity index (χ3n) is 6.13. The predicted molar refractivity (Wildman–Crippen MR) is 113 cm³/mol. The molecule has 31 heavy (non-hydrogen) atoms. The van der Waals surface area contributed by atoms with Crippen molar-refractivity contribution in [2.24, 2.45) is 0 Å². The van der Waals surface area contributed by atoms with Crippen LogP contribution in [-0.2, 0) is 11.2 Å². The Morgan fingerprint density at radius 3 is 2.81 bits per heavy atom. The van der Waals surface area contributed by atoms with Gasteiger partial charge in [-0.3, -0.25) is 4.79 Å². The summed E-state index contributed by atoms with van der Waals surface area (Å²) in [7, 11) is 0. The number of nitrogens with zero attached hydrogens (tertiary/aromatic N) is 3. The highest BCUT2D eigenvalue weighted by Gasteiger charge is 2.44. The Morgan fingerprint density at radius 1 is 1.19 bits per heavy atom. The van der Waals surface area contributed by atoms with Crippen LogP contribution in [0.4, 0.5) is 4.39 Å². The SMILES string of the molecule is O=C1C[C@@H](c2c(F)cccc2Cl)[C@@H](n2cncn2)C(O)=C1[C@@H]1NCCc2ccccc21. The minimum absolute atomic E-state index is 0.00901. The molecule has 5 rings (SSSR count). The molecule has 6 nitrogen and oxygen atoms in total. The summed E-state index contributed by atoms with van der Waals surface area (Å²) in [6.07, 6.45) is 3.63. The van der Waals surface area contributed by atoms with E-state index in [0.717, 1.165) is 17.5 Å². The first-order valence-corrected chi connectivity index (χ1v) is 10.5. The number of Topliss-reactive ketones (excluding diaryl/α,β-unsaturated/α-hetero) is 1. The van der Waals surface area contributed by atoms with Crippen LogP contribution in [0.15, 0.2) is 66.5 Å². The van der Waals surface area contributed by atoms with E-state index in [1.54, 1.807) is 6.07 Å². The Morgan fingerprint density at radius 2 is 2.03 bits per heavy atom. The van der Waals surface area contributed by atoms with Crippen molar-refractivity contribution in [2.75, 3.05) is 6.54 Å². The summed E-state index contributed by atoms with van der Waals surface area (Å²) in [5, 5.41) is 19.2. The van der Waals surface area contributed by atoms with Crippen LogP contribution in [0.5, 0.6) is 0 Å². The van der Waals surface area contributed by atoms with E-state index in [1.165, 1.54) is 29.5 Å². The molecule has 3 aromatic rings. The third kappa shape index (κ3) is 3.34. The Bertz CT molecular complexity index is 1160. The molecule has 0 radical (unpaired) electrons. The first-order valence-electron chi connectivity index (χ1n) is 10.1. The molecule has 8 heteroatoms. The van der Waals surface area contributed by atoms with E-state index in [4.69, 9.17) is 11.6 Å². The molecule has 0 amide bonds. The second kappa shape index (κ2) is 7.90. The molecule has 2 heterocycles. The van der Waals surface area contributed by atoms with E-state index in [2.05, 4.69) is 15.4 Å². The average molecular weight is 439 g/mol. The van der Waals surface area contributed by atoms with Gasteiger partial charge < -0.3 is 10.4 Å². The third-order valence-corrected chi connectivity index (χ3v) is 6.46. The second-order valence-electron chi connectivity index (χ2n) is 7.82. The average Bonchev–Trinajstić information content (AvgIpc) is 3.28. The lowest BCUT2D eigenvalue weighted by molar-refractivity contribution is -0.117. The van der Waals surface area contributed by atoms with E-state index < -0.39 is 23.8 Å². The van der Waals surface area contributed by atoms with Gasteiger partial charge >= 0.3 is 0 Å². The van der Waals surface area contributed by atoms with Crippen LogP contribution in [0.3, 0.4) is 0 Å². The molecular formula is C23H20ClFN4O2. The summed E-state index contributed by atoms with van der Waals surface area (Å²) in [6, 6.07) is 11.0. The maximum atomic E-state index is 14.8. The van der Waals surface area contributed by atoms with Gasteiger partial charge in [0.15, 0.2) is 5.78 Å². The van der Waals surface area contributed by atoms with Crippen LogP contribution in [0, 0.1) is 5.82 Å². The van der Waals surface area contributed by atoms with Crippen molar-refractivity contribution in [3.8, 4) is 0 Å². The van der Waals surface area contributed by atoms with Crippen molar-refractivity contribution in [3.05, 3.63) is 94.0 Å². The number of aliphatic hydroxyl groups is 1. The standard InChI is InChI=1S/C23H20ClFN4O2/c24-16-6-3-7-17(25)19(16)15-10-18(30)20(23(31)22(15)29-12-26-11-28-29)21-14-5-2-1-4-13(14)8-9-27-21/h1-7,11-12,15,21-22,27,31H,8-10H2/t15-,21+,22+/m0/s1. The maximum absolute atomic E-state index is 14.8. The molecule has 0 unspecified atom stereocenters. The van der Waals surface area contributed by atoms with Gasteiger partial charge in [-0.05, 0) is 29.7 Å². The van der Waals surface area contributed by atoms with Gasteiger partial charge in [-0.2, -0.15) is 5.10 Å². The summed E-state index contributed by atoms with van der Waals surface area (Å²) in [5.74, 6) is -1.62. The van der Waals surface area contributed by atoms with Gasteiger partial charge in [-0.15, -0.1) is 0 Å². The number of hydrogen-bond acceptors (Lipinski definition) is 5. The van der Waals surface area contributed by atoms with Crippen molar-refractivity contribution in [1.82, 2.24) is 20.1 Å². The molecule has 0 spiro atoms. The number of benzene rings is 2. The molecule has 158 valence electrons. The number of aliphatic hydroxyl groups excluding tert-OH is 1. The first-order chi connectivity index (χ1) is 15.1. The van der Waals surface area contributed by atoms with Crippen LogP contribution in [0.25, 0.3) is 0 Å². The molecule has 2 aliphatic rings. The van der Waals surface area contributed by atoms with Crippen molar-refractivity contribution >= 4 is 17.4 Å². The van der Waals surface area contributed by atoms with Gasteiger partial charge in [-0.1, -0.05) is 41.9 Å². The zero-order chi connectivity index (χ0) is 21.5. The number of ketones is 1. The zero-order valence-electron chi connectivity index (χ0n) is 16.5. The van der Waals surface area contributed by atoms with Crippen molar-refractivity contribution in [2.45, 2.75) is 30.8 Å². The largest absolute Gasteiger partial charge is 0.510 e. The number of fused-ring (bicyclic) bond motifs is 1. The van der Waals surface area contributed by atoms with Gasteiger partial charge in [0.25, 0.3) is 0 Å². The van der Waals surface area contributed by atoms with Crippen LogP contribution in [0.2, 0.25) is 5.02 Å². The highest BCUT2D eigenvalue weighted by Crippen LogP contribution is 2.47. The van der Waals surface area contributed by atoms with Gasteiger partial charge in [0.2, 0.25) is 0 Å². The van der Waals surface area contributed by atoms with Gasteiger partial charge in [0.1, 0.15) is 30.3 Å². The summed E-state index contributed by atoms with van der Waals surface area (Å²) < 4.78 is 16.3. The number of carbonyl (C=O) groups excluding carboxylic acids is 1. The predicted octanol–water partition coefficient (Wildman–Crippen LogP) is 4.07. The van der Waals surface area contributed by atoms with E-state index in [0.29, 0.717) is 6.54 Å². The highest BCUT2D eigenvalue weighted by molar-refractivity contribution is 6.31. The first kappa shape index (κ1) is 19.9. The van der Waals surface area contributed by atoms with Gasteiger partial charge in [0, 0.05) is 29.5 Å². The summed E-state index contributed by atoms with van der Waals surface area (Å²) in [5.41, 5.74) is 2.58. The van der Waals surface area contributed by atoms with Crippen molar-refractivity contribution in [3.63, 3.8) is 0 Å². The number of halogens is 2. The number of aromatic nitrogens is 3. The van der Waals surface area contributed by atoms with Crippen molar-refractivity contribution in [1.29, 1.82) is 0 Å². The van der Waals surface area contributed by atoms with Gasteiger partial charge in [-0.25, -0.2) is 14.1 Å². The quantitative estimate of drug-likeness (QED) is 0.644. The number of nitrogens with one attached hydrogen (secondary N) is 1. The van der Waals surface area contributed by atoms with E-state index in [1.807, 2.05) is 24.3 Å². The monoisotopic (exact) mass is 438 g/mol. The van der Waals surface area contributed by atoms with Crippen LogP contribution < -0.4 is 5.32 Å². The van der Waals surface area contributed by atoms with E-state index in [-0.39, 0.29) is 34.1 Å². The van der Waals surface area contributed by atoms with Crippen LogP contribution in [-0.4, -0.2) is 32.2 Å². The Hall–Kier alpha value is -3.03. The molecule has 1 aliphatic carbocycles. The molecule has 1 aliphatic heterocycles. The molecule has 0 saturated carbocycles. The molecule has 1 aromatic heterocycles. The summed E-state index contributed by atoms with van der Waals surface area (Å²) >= 11 is 6.33. The minimum Gasteiger partial charge on any atom is -0.510 e. The fourth-order valence-electron chi connectivity index (χ4n) is 4.78. The molecule has 3 atom stereocenters. The van der Waals surface area contributed by atoms with E-state index >= 15 is 0 Å². The lowest BCUT2D eigenvalue weighted by atomic mass is 9.75. The highest BCUT2D eigenvalue weighted by atomic mass is 35.5. The lowest BCUT2D eigenvalue weighted by Crippen LogP contribution is -2.38. The molecular weight excluding hydrogens is 419 g/mol. The molecule has 0 fully saturated rings. The van der Waals surface area contributed by atoms with Crippen LogP contribution >= 0.6 is 11.6 Å². The molecule has 2 N–H and O–H groups in total. The molecule has 2 aromatic carbocycles. The Kier molecular flexibility index (Phi) is 5.08. The van der Waals surface area contributed by atoms with Crippen LogP contribution in [0.1, 0.15) is 41.1 Å². The normalized spacial score (nSPS) is 23.7. The fourth-order valence-corrected chi connectivity index (χ4v) is 5.08. The summed E-state index contributed by atoms with van der Waals surface area (Å²) in [4.78, 5) is 17.4. The number of allylic oxidation sites excluding steroid dienone is 1.